The molecule has 0 saturated carbocycles. The number of hydrogen-bond acceptors (Lipinski definition) is 6. The summed E-state index contributed by atoms with van der Waals surface area (Å²) in [6, 6.07) is 6.75. The number of aromatic nitrogens is 2. The van der Waals surface area contributed by atoms with E-state index >= 15 is 0 Å². The van der Waals surface area contributed by atoms with Gasteiger partial charge in [-0.2, -0.15) is 0 Å². The van der Waals surface area contributed by atoms with Crippen LogP contribution < -0.4 is 16.0 Å². The molecule has 0 saturated heterocycles. The van der Waals surface area contributed by atoms with Crippen LogP contribution in [0.5, 0.6) is 0 Å². The van der Waals surface area contributed by atoms with Crippen molar-refractivity contribution in [1.29, 1.82) is 0 Å². The van der Waals surface area contributed by atoms with E-state index in [4.69, 9.17) is 5.14 Å². The van der Waals surface area contributed by atoms with Gasteiger partial charge in [0.05, 0.1) is 10.6 Å². The Morgan fingerprint density at radius 2 is 1.95 bits per heavy atom. The second-order valence-corrected chi connectivity index (χ2v) is 6.67. The Kier molecular flexibility index (Phi) is 4.96. The van der Waals surface area contributed by atoms with Crippen LogP contribution in [0, 0.1) is 0 Å². The van der Waals surface area contributed by atoms with Crippen LogP contribution >= 0.6 is 11.8 Å². The van der Waals surface area contributed by atoms with Crippen LogP contribution in [0.2, 0.25) is 0 Å². The van der Waals surface area contributed by atoms with Crippen LogP contribution in [-0.4, -0.2) is 30.0 Å². The SMILES string of the molecule is NS(=O)(=O)c1ccc(NC(=O)CSc2nccc(=O)[nH]2)cc1. The van der Waals surface area contributed by atoms with Gasteiger partial charge in [0, 0.05) is 18.0 Å². The van der Waals surface area contributed by atoms with Crippen molar-refractivity contribution >= 4 is 33.4 Å². The Balaban J connectivity index is 1.93. The first-order valence-corrected chi connectivity index (χ1v) is 8.48. The molecule has 0 unspecified atom stereocenters. The third-order valence-electron chi connectivity index (χ3n) is 2.45. The number of nitrogens with zero attached hydrogens (tertiary/aromatic N) is 1. The Bertz CT molecular complexity index is 831. The maximum absolute atomic E-state index is 11.8. The molecule has 0 radical (unpaired) electrons. The van der Waals surface area contributed by atoms with Gasteiger partial charge < -0.3 is 10.3 Å². The average molecular weight is 340 g/mol. The lowest BCUT2D eigenvalue weighted by molar-refractivity contribution is -0.113. The molecule has 22 heavy (non-hydrogen) atoms. The number of carbonyl (C=O) groups is 1. The molecule has 0 spiro atoms. The van der Waals surface area contributed by atoms with Gasteiger partial charge in [0.1, 0.15) is 0 Å². The zero-order valence-electron chi connectivity index (χ0n) is 11.1. The zero-order chi connectivity index (χ0) is 16.2. The Morgan fingerprint density at radius 1 is 1.27 bits per heavy atom. The second kappa shape index (κ2) is 6.73. The third kappa shape index (κ3) is 4.69. The van der Waals surface area contributed by atoms with Crippen molar-refractivity contribution in [3.05, 3.63) is 46.9 Å². The summed E-state index contributed by atoms with van der Waals surface area (Å²) in [6.07, 6.45) is 1.35. The number of benzene rings is 1. The fourth-order valence-corrected chi connectivity index (χ4v) is 2.65. The zero-order valence-corrected chi connectivity index (χ0v) is 12.8. The largest absolute Gasteiger partial charge is 0.325 e. The van der Waals surface area contributed by atoms with Gasteiger partial charge in [-0.25, -0.2) is 18.5 Å². The molecule has 2 rings (SSSR count). The molecule has 0 bridgehead atoms. The number of H-pyrrole nitrogens is 1. The fourth-order valence-electron chi connectivity index (χ4n) is 1.48. The highest BCUT2D eigenvalue weighted by Gasteiger charge is 2.08. The van der Waals surface area contributed by atoms with Gasteiger partial charge in [0.15, 0.2) is 5.16 Å². The highest BCUT2D eigenvalue weighted by atomic mass is 32.2. The summed E-state index contributed by atoms with van der Waals surface area (Å²) >= 11 is 1.07. The predicted molar refractivity (Wildman–Crippen MR) is 82.0 cm³/mol. The van der Waals surface area contributed by atoms with Crippen LogP contribution in [0.1, 0.15) is 0 Å². The predicted octanol–water partition coefficient (Wildman–Crippen LogP) is 0.148. The van der Waals surface area contributed by atoms with Gasteiger partial charge in [0.25, 0.3) is 5.56 Å². The normalized spacial score (nSPS) is 11.1. The summed E-state index contributed by atoms with van der Waals surface area (Å²) in [5.41, 5.74) is 0.143. The maximum Gasteiger partial charge on any atom is 0.251 e. The van der Waals surface area contributed by atoms with Crippen molar-refractivity contribution in [2.45, 2.75) is 10.1 Å². The minimum absolute atomic E-state index is 0.0362. The molecule has 1 aromatic heterocycles. The molecule has 8 nitrogen and oxygen atoms in total. The number of carbonyl (C=O) groups excluding carboxylic acids is 1. The molecule has 1 heterocycles. The van der Waals surface area contributed by atoms with Crippen molar-refractivity contribution in [3.63, 3.8) is 0 Å². The van der Waals surface area contributed by atoms with Gasteiger partial charge >= 0.3 is 0 Å². The van der Waals surface area contributed by atoms with Crippen molar-refractivity contribution in [1.82, 2.24) is 9.97 Å². The number of nitrogens with one attached hydrogen (secondary N) is 2. The minimum atomic E-state index is -3.76. The highest BCUT2D eigenvalue weighted by Crippen LogP contribution is 2.14. The van der Waals surface area contributed by atoms with E-state index in [2.05, 4.69) is 15.3 Å². The molecule has 0 aliphatic rings. The van der Waals surface area contributed by atoms with Crippen LogP contribution in [-0.2, 0) is 14.8 Å². The van der Waals surface area contributed by atoms with Crippen molar-refractivity contribution in [2.75, 3.05) is 11.1 Å². The number of rotatable bonds is 5. The lowest BCUT2D eigenvalue weighted by Crippen LogP contribution is -2.16. The van der Waals surface area contributed by atoms with E-state index in [1.54, 1.807) is 0 Å². The summed E-state index contributed by atoms with van der Waals surface area (Å²) in [7, 11) is -3.76. The van der Waals surface area contributed by atoms with Gasteiger partial charge in [0.2, 0.25) is 15.9 Å². The van der Waals surface area contributed by atoms with Gasteiger partial charge in [-0.3, -0.25) is 9.59 Å². The standard InChI is InChI=1S/C12H12N4O4S2/c13-22(19,20)9-3-1-8(2-4-9)15-11(18)7-21-12-14-6-5-10(17)16-12/h1-6H,7H2,(H,15,18)(H2,13,19,20)(H,14,16,17). The first kappa shape index (κ1) is 16.2. The summed E-state index contributed by atoms with van der Waals surface area (Å²) in [6.45, 7) is 0. The third-order valence-corrected chi connectivity index (χ3v) is 4.27. The van der Waals surface area contributed by atoms with Crippen molar-refractivity contribution in [3.8, 4) is 0 Å². The average Bonchev–Trinajstić information content (AvgIpc) is 2.45. The lowest BCUT2D eigenvalue weighted by atomic mass is 10.3. The van der Waals surface area contributed by atoms with E-state index < -0.39 is 10.0 Å². The molecule has 1 aromatic carbocycles. The highest BCUT2D eigenvalue weighted by molar-refractivity contribution is 7.99. The van der Waals surface area contributed by atoms with Gasteiger partial charge in [-0.15, -0.1) is 0 Å². The molecule has 2 aromatic rings. The first-order valence-electron chi connectivity index (χ1n) is 5.95. The lowest BCUT2D eigenvalue weighted by Gasteiger charge is -2.05. The van der Waals surface area contributed by atoms with E-state index in [9.17, 15) is 18.0 Å². The number of aromatic amines is 1. The number of primary sulfonamides is 1. The molecular weight excluding hydrogens is 328 g/mol. The quantitative estimate of drug-likeness (QED) is 0.524. The van der Waals surface area contributed by atoms with Crippen molar-refractivity contribution in [2.24, 2.45) is 5.14 Å². The van der Waals surface area contributed by atoms with E-state index in [0.717, 1.165) is 11.8 Å². The fraction of sp³-hybridized carbons (Fsp3) is 0.0833. The van der Waals surface area contributed by atoms with Crippen LogP contribution in [0.25, 0.3) is 0 Å². The number of sulfonamides is 1. The minimum Gasteiger partial charge on any atom is -0.325 e. The van der Waals surface area contributed by atoms with E-state index in [1.165, 1.54) is 36.5 Å². The van der Waals surface area contributed by atoms with E-state index in [0.29, 0.717) is 10.8 Å². The molecule has 10 heteroatoms. The molecule has 0 fully saturated rings. The molecule has 116 valence electrons. The molecule has 4 N–H and O–H groups in total. The number of nitrogens with two attached hydrogens (primary N) is 1. The first-order chi connectivity index (χ1) is 10.3. The number of anilines is 1. The maximum atomic E-state index is 11.8. The molecule has 0 aliphatic carbocycles. The smallest absolute Gasteiger partial charge is 0.251 e. The van der Waals surface area contributed by atoms with Gasteiger partial charge in [-0.05, 0) is 24.3 Å². The Hall–Kier alpha value is -2.17. The summed E-state index contributed by atoms with van der Waals surface area (Å²) in [5.74, 6) is -0.274. The topological polar surface area (TPSA) is 135 Å². The Labute approximate surface area is 130 Å². The van der Waals surface area contributed by atoms with Gasteiger partial charge in [-0.1, -0.05) is 11.8 Å². The van der Waals surface area contributed by atoms with Crippen LogP contribution in [0.15, 0.2) is 51.4 Å². The summed E-state index contributed by atoms with van der Waals surface area (Å²) in [4.78, 5) is 29.2. The molecule has 1 amide bonds. The number of thioether (sulfide) groups is 1. The number of hydrogen-bond donors (Lipinski definition) is 3. The molecule has 0 aliphatic heterocycles. The number of amides is 1. The molecular formula is C12H12N4O4S2. The summed E-state index contributed by atoms with van der Waals surface area (Å²) in [5, 5.41) is 7.91. The molecule has 0 atom stereocenters. The summed E-state index contributed by atoms with van der Waals surface area (Å²) < 4.78 is 22.2. The monoisotopic (exact) mass is 340 g/mol. The van der Waals surface area contributed by atoms with Crippen molar-refractivity contribution < 1.29 is 13.2 Å². The Morgan fingerprint density at radius 3 is 2.55 bits per heavy atom. The van der Waals surface area contributed by atoms with Crippen LogP contribution in [0.4, 0.5) is 5.69 Å². The second-order valence-electron chi connectivity index (χ2n) is 4.15. The van der Waals surface area contributed by atoms with E-state index in [-0.39, 0.29) is 22.1 Å². The van der Waals surface area contributed by atoms with Crippen LogP contribution in [0.3, 0.4) is 0 Å². The van der Waals surface area contributed by atoms with E-state index in [1.807, 2.05) is 0 Å².